The molecule has 8 heteroatoms. The predicted molar refractivity (Wildman–Crippen MR) is 82.7 cm³/mol. The van der Waals surface area contributed by atoms with Gasteiger partial charge < -0.3 is 4.90 Å². The van der Waals surface area contributed by atoms with Gasteiger partial charge in [0, 0.05) is 31.1 Å². The molecule has 1 saturated heterocycles. The third kappa shape index (κ3) is 4.41. The summed E-state index contributed by atoms with van der Waals surface area (Å²) < 4.78 is 21.8. The van der Waals surface area contributed by atoms with Crippen LogP contribution in [-0.2, 0) is 10.0 Å². The number of rotatable bonds is 5. The highest BCUT2D eigenvalue weighted by Crippen LogP contribution is 2.24. The van der Waals surface area contributed by atoms with E-state index in [1.54, 1.807) is 11.3 Å². The highest BCUT2D eigenvalue weighted by molar-refractivity contribution is 7.89. The van der Waals surface area contributed by atoms with Crippen LogP contribution in [0.1, 0.15) is 19.0 Å². The quantitative estimate of drug-likeness (QED) is 0.862. The number of aromatic nitrogens is 1. The summed E-state index contributed by atoms with van der Waals surface area (Å²) in [5.74, 6) is 0.0628. The fraction of sp³-hybridized carbons (Fsp3) is 0.750. The second kappa shape index (κ2) is 6.38. The molecule has 1 aromatic rings. The minimum Gasteiger partial charge on any atom is -0.343 e. The average molecular weight is 318 g/mol. The van der Waals surface area contributed by atoms with Crippen molar-refractivity contribution in [1.82, 2.24) is 9.88 Å². The summed E-state index contributed by atoms with van der Waals surface area (Å²) in [5, 5.41) is 8.17. The lowest BCUT2D eigenvalue weighted by atomic mass is 10.2. The zero-order valence-corrected chi connectivity index (χ0v) is 13.6. The van der Waals surface area contributed by atoms with Crippen LogP contribution >= 0.6 is 11.3 Å². The Morgan fingerprint density at radius 2 is 2.25 bits per heavy atom. The van der Waals surface area contributed by atoms with Crippen molar-refractivity contribution in [3.8, 4) is 0 Å². The number of nitrogens with zero attached hydrogens (tertiary/aromatic N) is 3. The first-order valence-corrected chi connectivity index (χ1v) is 9.36. The van der Waals surface area contributed by atoms with Crippen LogP contribution in [0.4, 0.5) is 5.13 Å². The molecule has 6 nitrogen and oxygen atoms in total. The van der Waals surface area contributed by atoms with Gasteiger partial charge >= 0.3 is 0 Å². The van der Waals surface area contributed by atoms with E-state index in [4.69, 9.17) is 5.14 Å². The number of primary sulfonamides is 1. The summed E-state index contributed by atoms with van der Waals surface area (Å²) in [6.07, 6.45) is 0.599. The lowest BCUT2D eigenvalue weighted by Gasteiger charge is -2.39. The number of hydrogen-bond acceptors (Lipinski definition) is 6. The van der Waals surface area contributed by atoms with Gasteiger partial charge in [-0.3, -0.25) is 4.90 Å². The number of sulfonamides is 1. The Balaban J connectivity index is 1.83. The molecule has 1 aliphatic rings. The molecule has 0 aromatic carbocycles. The van der Waals surface area contributed by atoms with Gasteiger partial charge in [0.05, 0.1) is 11.4 Å². The van der Waals surface area contributed by atoms with Gasteiger partial charge in [0.25, 0.3) is 0 Å². The number of anilines is 1. The van der Waals surface area contributed by atoms with Gasteiger partial charge in [-0.05, 0) is 26.8 Å². The van der Waals surface area contributed by atoms with Gasteiger partial charge in [-0.15, -0.1) is 11.3 Å². The Hall–Kier alpha value is -0.700. The predicted octanol–water partition coefficient (Wildman–Crippen LogP) is 0.641. The molecule has 1 aliphatic heterocycles. The summed E-state index contributed by atoms with van der Waals surface area (Å²) in [5.41, 5.74) is 1.06. The number of nitrogens with two attached hydrogens (primary N) is 1. The van der Waals surface area contributed by atoms with Crippen LogP contribution in [0.25, 0.3) is 0 Å². The standard InChI is InChI=1S/C12H22N4O2S2/c1-10-9-19-12(14-10)16-6-5-15(8-11(16)2)4-3-7-20(13,17)18/h9,11H,3-8H2,1-2H3,(H2,13,17,18)/t11-/m0/s1. The van der Waals surface area contributed by atoms with E-state index in [1.807, 2.05) is 6.92 Å². The van der Waals surface area contributed by atoms with Crippen molar-refractivity contribution >= 4 is 26.5 Å². The largest absolute Gasteiger partial charge is 0.343 e. The molecular weight excluding hydrogens is 296 g/mol. The molecule has 1 fully saturated rings. The molecule has 0 radical (unpaired) electrons. The van der Waals surface area contributed by atoms with E-state index >= 15 is 0 Å². The molecule has 2 rings (SSSR count). The van der Waals surface area contributed by atoms with Crippen molar-refractivity contribution in [3.05, 3.63) is 11.1 Å². The van der Waals surface area contributed by atoms with Gasteiger partial charge in [0.2, 0.25) is 10.0 Å². The zero-order valence-electron chi connectivity index (χ0n) is 11.9. The van der Waals surface area contributed by atoms with Crippen molar-refractivity contribution in [2.24, 2.45) is 5.14 Å². The number of piperazine rings is 1. The number of aryl methyl sites for hydroxylation is 1. The van der Waals surface area contributed by atoms with Crippen molar-refractivity contribution < 1.29 is 8.42 Å². The summed E-state index contributed by atoms with van der Waals surface area (Å²) in [7, 11) is -3.33. The molecule has 0 amide bonds. The smallest absolute Gasteiger partial charge is 0.209 e. The molecule has 1 aromatic heterocycles. The summed E-state index contributed by atoms with van der Waals surface area (Å²) in [6.45, 7) is 7.78. The van der Waals surface area contributed by atoms with E-state index in [0.717, 1.165) is 37.0 Å². The van der Waals surface area contributed by atoms with Crippen LogP contribution < -0.4 is 10.0 Å². The minimum absolute atomic E-state index is 0.0628. The second-order valence-electron chi connectivity index (χ2n) is 5.34. The number of thiazole rings is 1. The highest BCUT2D eigenvalue weighted by Gasteiger charge is 2.25. The molecule has 0 aliphatic carbocycles. The van der Waals surface area contributed by atoms with E-state index in [1.165, 1.54) is 0 Å². The maximum atomic E-state index is 10.9. The van der Waals surface area contributed by atoms with Gasteiger partial charge in [0.15, 0.2) is 5.13 Å². The fourth-order valence-electron chi connectivity index (χ4n) is 2.48. The first-order valence-electron chi connectivity index (χ1n) is 6.77. The van der Waals surface area contributed by atoms with Gasteiger partial charge in [-0.2, -0.15) is 0 Å². The molecule has 2 heterocycles. The molecule has 0 unspecified atom stereocenters. The van der Waals surface area contributed by atoms with Crippen LogP contribution in [0.3, 0.4) is 0 Å². The molecule has 1 atom stereocenters. The van der Waals surface area contributed by atoms with E-state index in [-0.39, 0.29) is 5.75 Å². The third-order valence-corrected chi connectivity index (χ3v) is 5.32. The molecule has 0 saturated carbocycles. The molecule has 2 N–H and O–H groups in total. The van der Waals surface area contributed by atoms with Crippen molar-refractivity contribution in [3.63, 3.8) is 0 Å². The number of hydrogen-bond donors (Lipinski definition) is 1. The Morgan fingerprint density at radius 3 is 2.80 bits per heavy atom. The van der Waals surface area contributed by atoms with Gasteiger partial charge in [-0.1, -0.05) is 0 Å². The van der Waals surface area contributed by atoms with Crippen LogP contribution in [0.15, 0.2) is 5.38 Å². The van der Waals surface area contributed by atoms with Crippen LogP contribution in [-0.4, -0.2) is 56.3 Å². The molecule has 20 heavy (non-hydrogen) atoms. The van der Waals surface area contributed by atoms with Gasteiger partial charge in [0.1, 0.15) is 0 Å². The Labute approximate surface area is 124 Å². The molecule has 0 bridgehead atoms. The van der Waals surface area contributed by atoms with Crippen LogP contribution in [0.5, 0.6) is 0 Å². The maximum Gasteiger partial charge on any atom is 0.209 e. The van der Waals surface area contributed by atoms with Crippen molar-refractivity contribution in [2.45, 2.75) is 26.3 Å². The van der Waals surface area contributed by atoms with Crippen molar-refractivity contribution in [1.29, 1.82) is 0 Å². The molecule has 114 valence electrons. The van der Waals surface area contributed by atoms with E-state index in [0.29, 0.717) is 12.5 Å². The average Bonchev–Trinajstić information content (AvgIpc) is 2.74. The minimum atomic E-state index is -3.33. The Bertz CT molecular complexity index is 543. The van der Waals surface area contributed by atoms with Crippen LogP contribution in [0, 0.1) is 6.92 Å². The van der Waals surface area contributed by atoms with Crippen LogP contribution in [0.2, 0.25) is 0 Å². The Kier molecular flexibility index (Phi) is 5.00. The molecular formula is C12H22N4O2S2. The van der Waals surface area contributed by atoms with E-state index < -0.39 is 10.0 Å². The summed E-state index contributed by atoms with van der Waals surface area (Å²) in [6, 6.07) is 0.392. The first kappa shape index (κ1) is 15.7. The fourth-order valence-corrected chi connectivity index (χ4v) is 3.95. The highest BCUT2D eigenvalue weighted by atomic mass is 32.2. The zero-order chi connectivity index (χ0) is 14.8. The van der Waals surface area contributed by atoms with E-state index in [9.17, 15) is 8.42 Å². The molecule has 0 spiro atoms. The lowest BCUT2D eigenvalue weighted by molar-refractivity contribution is 0.229. The normalized spacial score (nSPS) is 21.4. The SMILES string of the molecule is Cc1csc(N2CCN(CCCS(N)(=O)=O)C[C@@H]2C)n1. The summed E-state index contributed by atoms with van der Waals surface area (Å²) in [4.78, 5) is 9.16. The topological polar surface area (TPSA) is 79.5 Å². The van der Waals surface area contributed by atoms with E-state index in [2.05, 4.69) is 27.1 Å². The second-order valence-corrected chi connectivity index (χ2v) is 7.91. The monoisotopic (exact) mass is 318 g/mol. The van der Waals surface area contributed by atoms with Crippen molar-refractivity contribution in [2.75, 3.05) is 36.8 Å². The Morgan fingerprint density at radius 1 is 1.50 bits per heavy atom. The lowest BCUT2D eigenvalue weighted by Crippen LogP contribution is -2.52. The van der Waals surface area contributed by atoms with Gasteiger partial charge in [-0.25, -0.2) is 18.5 Å². The first-order chi connectivity index (χ1) is 9.35. The maximum absolute atomic E-state index is 10.9. The summed E-state index contributed by atoms with van der Waals surface area (Å²) >= 11 is 1.68. The third-order valence-electron chi connectivity index (χ3n) is 3.47.